The first-order chi connectivity index (χ1) is 6.06. The van der Waals surface area contributed by atoms with E-state index in [1.165, 1.54) is 0 Å². The minimum Gasteiger partial charge on any atom is -0.466 e. The zero-order valence-electron chi connectivity index (χ0n) is 9.09. The van der Waals surface area contributed by atoms with Crippen LogP contribution in [0.3, 0.4) is 0 Å². The molecule has 0 saturated carbocycles. The minimum absolute atomic E-state index is 0.119. The highest BCUT2D eigenvalue weighted by molar-refractivity contribution is 5.69. The van der Waals surface area contributed by atoms with E-state index in [1.807, 2.05) is 13.8 Å². The number of rotatable bonds is 6. The summed E-state index contributed by atoms with van der Waals surface area (Å²) in [5.74, 6) is 0.496. The first kappa shape index (κ1) is 12.4. The number of hydrogen-bond acceptors (Lipinski definition) is 3. The van der Waals surface area contributed by atoms with Crippen LogP contribution in [0.25, 0.3) is 0 Å². The Morgan fingerprint density at radius 3 is 2.46 bits per heavy atom. The van der Waals surface area contributed by atoms with Crippen LogP contribution in [0.2, 0.25) is 0 Å². The number of hydrogen-bond donors (Lipinski definition) is 1. The molecule has 0 rings (SSSR count). The van der Waals surface area contributed by atoms with E-state index in [1.54, 1.807) is 0 Å². The van der Waals surface area contributed by atoms with E-state index in [0.29, 0.717) is 18.9 Å². The molecule has 0 heterocycles. The van der Waals surface area contributed by atoms with Gasteiger partial charge < -0.3 is 10.1 Å². The fraction of sp³-hybridized carbons (Fsp3) is 0.900. The summed E-state index contributed by atoms with van der Waals surface area (Å²) in [5.41, 5.74) is 0. The Hall–Kier alpha value is -0.570. The number of esters is 1. The molecule has 0 aromatic carbocycles. The zero-order valence-corrected chi connectivity index (χ0v) is 9.09. The molecule has 0 aromatic rings. The second kappa shape index (κ2) is 6.89. The normalized spacial score (nSPS) is 13.0. The summed E-state index contributed by atoms with van der Waals surface area (Å²) in [4.78, 5) is 11.0. The van der Waals surface area contributed by atoms with Gasteiger partial charge in [-0.2, -0.15) is 0 Å². The molecule has 0 amide bonds. The fourth-order valence-corrected chi connectivity index (χ4v) is 0.979. The lowest BCUT2D eigenvalue weighted by Crippen LogP contribution is -2.32. The van der Waals surface area contributed by atoms with Gasteiger partial charge in [0.25, 0.3) is 0 Å². The van der Waals surface area contributed by atoms with Gasteiger partial charge in [0, 0.05) is 6.04 Å². The molecule has 0 aromatic heterocycles. The molecule has 0 aliphatic rings. The zero-order chi connectivity index (χ0) is 10.3. The first-order valence-corrected chi connectivity index (χ1v) is 4.95. The summed E-state index contributed by atoms with van der Waals surface area (Å²) in [6, 6.07) is 0.210. The highest BCUT2D eigenvalue weighted by Crippen LogP contribution is 1.96. The minimum atomic E-state index is -0.119. The van der Waals surface area contributed by atoms with Crippen LogP contribution in [0.5, 0.6) is 0 Å². The summed E-state index contributed by atoms with van der Waals surface area (Å²) < 4.78 is 4.84. The van der Waals surface area contributed by atoms with Crippen LogP contribution in [-0.2, 0) is 9.53 Å². The van der Waals surface area contributed by atoms with Crippen molar-refractivity contribution in [1.82, 2.24) is 5.32 Å². The lowest BCUT2D eigenvalue weighted by atomic mass is 10.2. The highest BCUT2D eigenvalue weighted by Gasteiger charge is 2.08. The van der Waals surface area contributed by atoms with E-state index >= 15 is 0 Å². The maximum Gasteiger partial charge on any atom is 0.307 e. The Morgan fingerprint density at radius 1 is 1.38 bits per heavy atom. The average molecular weight is 187 g/mol. The van der Waals surface area contributed by atoms with Crippen LogP contribution in [0.4, 0.5) is 0 Å². The van der Waals surface area contributed by atoms with E-state index in [2.05, 4.69) is 19.2 Å². The largest absolute Gasteiger partial charge is 0.466 e. The summed E-state index contributed by atoms with van der Waals surface area (Å²) in [6.45, 7) is 9.52. The quantitative estimate of drug-likeness (QED) is 0.641. The molecule has 0 aliphatic carbocycles. The Morgan fingerprint density at radius 2 is 2.00 bits per heavy atom. The van der Waals surface area contributed by atoms with Crippen molar-refractivity contribution in [1.29, 1.82) is 0 Å². The monoisotopic (exact) mass is 187 g/mol. The van der Waals surface area contributed by atoms with Crippen LogP contribution in [0.15, 0.2) is 0 Å². The maximum absolute atomic E-state index is 11.0. The third-order valence-electron chi connectivity index (χ3n) is 1.65. The van der Waals surface area contributed by atoms with Crippen molar-refractivity contribution in [3.8, 4) is 0 Å². The van der Waals surface area contributed by atoms with Crippen molar-refractivity contribution in [2.24, 2.45) is 5.92 Å². The molecule has 0 spiro atoms. The first-order valence-electron chi connectivity index (χ1n) is 4.95. The number of carbonyl (C=O) groups is 1. The van der Waals surface area contributed by atoms with E-state index < -0.39 is 0 Å². The molecular formula is C10H21NO2. The van der Waals surface area contributed by atoms with Gasteiger partial charge in [0.2, 0.25) is 0 Å². The second-order valence-electron chi connectivity index (χ2n) is 3.71. The van der Waals surface area contributed by atoms with Crippen molar-refractivity contribution >= 4 is 5.97 Å². The van der Waals surface area contributed by atoms with Crippen molar-refractivity contribution in [3.63, 3.8) is 0 Å². The van der Waals surface area contributed by atoms with E-state index in [9.17, 15) is 4.79 Å². The van der Waals surface area contributed by atoms with E-state index in [4.69, 9.17) is 4.74 Å². The van der Waals surface area contributed by atoms with Gasteiger partial charge in [0.05, 0.1) is 13.0 Å². The van der Waals surface area contributed by atoms with Crippen LogP contribution in [0, 0.1) is 5.92 Å². The van der Waals surface area contributed by atoms with Gasteiger partial charge in [0.15, 0.2) is 0 Å². The lowest BCUT2D eigenvalue weighted by Gasteiger charge is -2.14. The van der Waals surface area contributed by atoms with Gasteiger partial charge in [-0.3, -0.25) is 4.79 Å². The van der Waals surface area contributed by atoms with Crippen LogP contribution >= 0.6 is 0 Å². The maximum atomic E-state index is 11.0. The molecule has 0 aliphatic heterocycles. The van der Waals surface area contributed by atoms with Gasteiger partial charge in [-0.15, -0.1) is 0 Å². The van der Waals surface area contributed by atoms with Crippen molar-refractivity contribution in [2.45, 2.75) is 40.2 Å². The Labute approximate surface area is 80.8 Å². The molecule has 0 saturated heterocycles. The van der Waals surface area contributed by atoms with Crippen molar-refractivity contribution < 1.29 is 9.53 Å². The van der Waals surface area contributed by atoms with Gasteiger partial charge in [-0.1, -0.05) is 13.8 Å². The van der Waals surface area contributed by atoms with Gasteiger partial charge in [-0.05, 0) is 26.3 Å². The summed E-state index contributed by atoms with van der Waals surface area (Å²) in [7, 11) is 0. The summed E-state index contributed by atoms with van der Waals surface area (Å²) in [5, 5.41) is 3.27. The van der Waals surface area contributed by atoms with Crippen molar-refractivity contribution in [3.05, 3.63) is 0 Å². The molecule has 0 bridgehead atoms. The van der Waals surface area contributed by atoms with Gasteiger partial charge in [-0.25, -0.2) is 0 Å². The molecule has 3 nitrogen and oxygen atoms in total. The lowest BCUT2D eigenvalue weighted by molar-refractivity contribution is -0.143. The summed E-state index contributed by atoms with van der Waals surface area (Å²) in [6.07, 6.45) is 0.459. The van der Waals surface area contributed by atoms with Crippen LogP contribution in [-0.4, -0.2) is 25.2 Å². The van der Waals surface area contributed by atoms with Gasteiger partial charge in [0.1, 0.15) is 0 Å². The number of ether oxygens (including phenoxy) is 1. The SMILES string of the molecule is CCOC(=O)CC(C)NCC(C)C. The number of carbonyl (C=O) groups excluding carboxylic acids is 1. The predicted molar refractivity (Wildman–Crippen MR) is 53.6 cm³/mol. The molecule has 0 fully saturated rings. The topological polar surface area (TPSA) is 38.3 Å². The third kappa shape index (κ3) is 7.78. The molecule has 1 unspecified atom stereocenters. The van der Waals surface area contributed by atoms with Crippen molar-refractivity contribution in [2.75, 3.05) is 13.2 Å². The molecule has 3 heteroatoms. The molecule has 13 heavy (non-hydrogen) atoms. The Bertz CT molecular complexity index is 146. The van der Waals surface area contributed by atoms with Gasteiger partial charge >= 0.3 is 5.97 Å². The Balaban J connectivity index is 3.49. The predicted octanol–water partition coefficient (Wildman–Crippen LogP) is 1.57. The smallest absolute Gasteiger partial charge is 0.307 e. The molecule has 1 atom stereocenters. The molecule has 0 radical (unpaired) electrons. The fourth-order valence-electron chi connectivity index (χ4n) is 0.979. The average Bonchev–Trinajstić information content (AvgIpc) is 2.01. The Kier molecular flexibility index (Phi) is 6.59. The van der Waals surface area contributed by atoms with Crippen LogP contribution < -0.4 is 5.32 Å². The van der Waals surface area contributed by atoms with Crippen LogP contribution in [0.1, 0.15) is 34.1 Å². The third-order valence-corrected chi connectivity index (χ3v) is 1.65. The highest BCUT2D eigenvalue weighted by atomic mass is 16.5. The van der Waals surface area contributed by atoms with E-state index in [-0.39, 0.29) is 12.0 Å². The summed E-state index contributed by atoms with van der Waals surface area (Å²) >= 11 is 0. The molecule has 78 valence electrons. The second-order valence-corrected chi connectivity index (χ2v) is 3.71. The standard InChI is InChI=1S/C10H21NO2/c1-5-13-10(12)6-9(4)11-7-8(2)3/h8-9,11H,5-7H2,1-4H3. The number of nitrogens with one attached hydrogen (secondary N) is 1. The molecular weight excluding hydrogens is 166 g/mol. The molecule has 1 N–H and O–H groups in total. The van der Waals surface area contributed by atoms with E-state index in [0.717, 1.165) is 6.54 Å².